The molecule has 0 N–H and O–H groups in total. The minimum atomic E-state index is -2.54. The number of benzene rings is 18. The molecule has 0 saturated carbocycles. The normalized spacial score (nSPS) is 11.6. The zero-order chi connectivity index (χ0) is 80.0. The van der Waals surface area contributed by atoms with E-state index in [4.69, 9.17) is 0 Å². The van der Waals surface area contributed by atoms with Gasteiger partial charge in [-0.1, -0.05) is 437 Å². The summed E-state index contributed by atoms with van der Waals surface area (Å²) in [7, 11) is -7.35. The molecule has 2 aliphatic rings. The second kappa shape index (κ2) is 40.3. The molecule has 0 bridgehead atoms. The molecule has 2 heterocycles. The summed E-state index contributed by atoms with van der Waals surface area (Å²) < 4.78 is 0. The maximum absolute atomic E-state index is 3.20. The molecule has 2 aliphatic heterocycles. The van der Waals surface area contributed by atoms with E-state index in [9.17, 15) is 0 Å². The predicted octanol–water partition coefficient (Wildman–Crippen LogP) is 21.3. The fourth-order valence-corrected chi connectivity index (χ4v) is 34.4. The Morgan fingerprint density at radius 1 is 0.218 bits per heavy atom. The molecule has 119 heavy (non-hydrogen) atoms. The van der Waals surface area contributed by atoms with Crippen LogP contribution in [-0.4, -0.2) is 24.2 Å². The van der Waals surface area contributed by atoms with Crippen molar-refractivity contribution in [2.45, 2.75) is 49.6 Å². The molecule has 1 radical (unpaired) electrons. The number of para-hydroxylation sites is 2. The van der Waals surface area contributed by atoms with E-state index in [0.29, 0.717) is 0 Å². The Morgan fingerprint density at radius 2 is 0.462 bits per heavy atom. The van der Waals surface area contributed by atoms with Crippen LogP contribution in [0, 0.1) is 12.1 Å². The van der Waals surface area contributed by atoms with Crippen LogP contribution in [0.3, 0.4) is 0 Å². The van der Waals surface area contributed by atoms with Crippen molar-refractivity contribution >= 4 is 139 Å². The monoisotopic (exact) mass is 1700 g/mol. The van der Waals surface area contributed by atoms with Crippen molar-refractivity contribution in [2.24, 2.45) is 0 Å². The average molecular weight is 1710 g/mol. The SMILES string of the molecule is CC.[Y].[c-]1ccccc1Cc1[c-]cccc1.c1ccc([Si](c2ccccc2)(c2ccccc2)c2ccc(-c3cccc4c3Sc3ccccc3S4)cc2)cc1.c1ccc([Si](c2ccccc2)(c2ccccc2)c2ccc(N3c4ccccc4Sc4ccccc43)cc2)cc1.c1ccc([Si](c2ccccc2)(c2ccccc2)c2ccccc2)cc1. The zero-order valence-corrected chi connectivity index (χ0v) is 75.0. The third-order valence-corrected chi connectivity index (χ3v) is 40.0. The molecule has 8 heteroatoms. The van der Waals surface area contributed by atoms with E-state index in [0.717, 1.165) is 6.42 Å². The van der Waals surface area contributed by atoms with Crippen LogP contribution in [-0.2, 0) is 39.1 Å². The molecule has 18 aromatic rings. The van der Waals surface area contributed by atoms with Gasteiger partial charge in [-0.3, -0.25) is 0 Å². The Balaban J connectivity index is 0.000000130. The Hall–Kier alpha value is -11.4. The van der Waals surface area contributed by atoms with Gasteiger partial charge in [-0.25, -0.2) is 0 Å². The largest absolute Gasteiger partial charge is 0.308 e. The first-order valence-corrected chi connectivity index (χ1v) is 48.9. The first-order valence-electron chi connectivity index (χ1n) is 40.5. The third kappa shape index (κ3) is 17.8. The number of hydrogen-bond acceptors (Lipinski definition) is 4. The van der Waals surface area contributed by atoms with E-state index in [-0.39, 0.29) is 32.7 Å². The van der Waals surface area contributed by atoms with Crippen LogP contribution < -0.4 is 67.1 Å². The van der Waals surface area contributed by atoms with Crippen LogP contribution in [0.4, 0.5) is 17.1 Å². The molecule has 0 fully saturated rings. The number of nitrogens with zero attached hydrogens (tertiary/aromatic N) is 1. The van der Waals surface area contributed by atoms with E-state index < -0.39 is 24.2 Å². The second-order valence-corrected chi connectivity index (χ2v) is 43.3. The van der Waals surface area contributed by atoms with Gasteiger partial charge in [0.25, 0.3) is 0 Å². The third-order valence-electron chi connectivity index (χ3n) is 21.9. The van der Waals surface area contributed by atoms with Gasteiger partial charge in [0, 0.05) is 67.8 Å². The predicted molar refractivity (Wildman–Crippen MR) is 514 cm³/mol. The molecule has 0 atom stereocenters. The molecular weight excluding hydrogens is 1620 g/mol. The standard InChI is InChI=1S/C36H27NSSi.C36H26S2Si.C24H20Si.C13H10.C2H6.Y/c1-4-14-29(15-5-1)39(30-16-6-2-7-17-30,31-18-8-3-9-19-31)32-26-24-28(25-27-32)37-33-20-10-12-22-35(33)38-36-23-13-11-21-34(36)37;1-4-13-28(14-5-1)39(29-15-6-2-7-16-29,30-17-8-3-9-18-30)31-25-23-27(24-26-31)32-19-12-22-35-36(32)38-34-21-11-10-20-33(34)37-35;1-5-13-21(14-6-1)25(22-15-7-2-8-16-22,23-17-9-3-10-18-23)24-19-11-4-12-20-24;1-3-7-12(8-4-1)11-13-9-5-2-6-10-13;1-2;/h1-27H;1-26H;1-20H;1-7,9H,11H2;1-2H3;/q;;;-2;;. The fraction of sp³-hybridized carbons (Fsp3) is 0.0270. The van der Waals surface area contributed by atoms with Crippen molar-refractivity contribution in [2.75, 3.05) is 4.90 Å². The van der Waals surface area contributed by atoms with Crippen molar-refractivity contribution in [3.63, 3.8) is 0 Å². The van der Waals surface area contributed by atoms with Gasteiger partial charge in [0.1, 0.15) is 0 Å². The average Bonchev–Trinajstić information content (AvgIpc) is 0.733. The molecule has 0 spiro atoms. The summed E-state index contributed by atoms with van der Waals surface area (Å²) in [5.41, 5.74) is 8.63. The molecule has 18 aromatic carbocycles. The van der Waals surface area contributed by atoms with E-state index in [1.165, 1.54) is 131 Å². The van der Waals surface area contributed by atoms with Crippen LogP contribution >= 0.6 is 35.3 Å². The number of fused-ring (bicyclic) bond motifs is 4. The number of anilines is 3. The van der Waals surface area contributed by atoms with Gasteiger partial charge < -0.3 is 4.90 Å². The number of rotatable bonds is 16. The Labute approximate surface area is 744 Å². The van der Waals surface area contributed by atoms with Crippen molar-refractivity contribution in [1.29, 1.82) is 0 Å². The van der Waals surface area contributed by atoms with Crippen molar-refractivity contribution in [1.82, 2.24) is 0 Å². The van der Waals surface area contributed by atoms with Crippen molar-refractivity contribution < 1.29 is 32.7 Å². The van der Waals surface area contributed by atoms with Gasteiger partial charge in [-0.15, -0.1) is 0 Å². The molecule has 0 aromatic heterocycles. The molecule has 0 aliphatic carbocycles. The fourth-order valence-electron chi connectivity index (χ4n) is 16.7. The summed E-state index contributed by atoms with van der Waals surface area (Å²) >= 11 is 5.61. The van der Waals surface area contributed by atoms with Crippen LogP contribution in [0.25, 0.3) is 11.1 Å². The van der Waals surface area contributed by atoms with Gasteiger partial charge in [-0.2, -0.15) is 71.8 Å². The van der Waals surface area contributed by atoms with Crippen LogP contribution in [0.1, 0.15) is 25.0 Å². The van der Waals surface area contributed by atoms with Crippen LogP contribution in [0.15, 0.2) is 521 Å². The maximum atomic E-state index is 3.20. The summed E-state index contributed by atoms with van der Waals surface area (Å²) in [5.74, 6) is 0. The molecule has 0 unspecified atom stereocenters. The molecule has 1 nitrogen and oxygen atoms in total. The van der Waals surface area contributed by atoms with Crippen molar-refractivity contribution in [3.05, 3.63) is 515 Å². The molecule has 0 amide bonds. The summed E-state index contributed by atoms with van der Waals surface area (Å²) in [5, 5.41) is 16.8. The molecular formula is C111H89NS3Si3Y-2. The Bertz CT molecular complexity index is 5720. The first-order chi connectivity index (χ1) is 58.6. The quantitative estimate of drug-likeness (QED) is 0.0539. The molecule has 0 saturated heterocycles. The summed E-state index contributed by atoms with van der Waals surface area (Å²) in [4.78, 5) is 10.3. The second-order valence-electron chi connectivity index (χ2n) is 28.6. The van der Waals surface area contributed by atoms with Gasteiger partial charge in [-0.05, 0) is 134 Å². The minimum Gasteiger partial charge on any atom is -0.308 e. The van der Waals surface area contributed by atoms with Crippen molar-refractivity contribution in [3.8, 4) is 11.1 Å². The van der Waals surface area contributed by atoms with E-state index in [1.54, 1.807) is 0 Å². The zero-order valence-electron chi connectivity index (χ0n) is 66.7. The Kier molecular flexibility index (Phi) is 28.0. The Morgan fingerprint density at radius 3 is 0.765 bits per heavy atom. The minimum absolute atomic E-state index is 0. The maximum Gasteiger partial charge on any atom is 0.179 e. The first kappa shape index (κ1) is 82.7. The van der Waals surface area contributed by atoms with Gasteiger partial charge in [0.2, 0.25) is 0 Å². The summed E-state index contributed by atoms with van der Waals surface area (Å²) in [6.07, 6.45) is 0.918. The van der Waals surface area contributed by atoms with E-state index in [1.807, 2.05) is 85.5 Å². The summed E-state index contributed by atoms with van der Waals surface area (Å²) in [6.45, 7) is 4.00. The van der Waals surface area contributed by atoms with Crippen LogP contribution in [0.5, 0.6) is 0 Å². The topological polar surface area (TPSA) is 3.24 Å². The molecule has 573 valence electrons. The van der Waals surface area contributed by atoms with Gasteiger partial charge >= 0.3 is 0 Å². The summed E-state index contributed by atoms with van der Waals surface area (Å²) in [6, 6.07) is 185. The van der Waals surface area contributed by atoms with E-state index in [2.05, 4.69) is 472 Å². The van der Waals surface area contributed by atoms with Gasteiger partial charge in [0.15, 0.2) is 24.2 Å². The number of hydrogen-bond donors (Lipinski definition) is 0. The van der Waals surface area contributed by atoms with E-state index >= 15 is 0 Å². The molecule has 20 rings (SSSR count). The smallest absolute Gasteiger partial charge is 0.179 e. The van der Waals surface area contributed by atoms with Crippen LogP contribution in [0.2, 0.25) is 0 Å². The van der Waals surface area contributed by atoms with Gasteiger partial charge in [0.05, 0.1) is 11.4 Å².